The lowest BCUT2D eigenvalue weighted by Gasteiger charge is -2.35. The van der Waals surface area contributed by atoms with Crippen LogP contribution >= 0.6 is 24.8 Å². The van der Waals surface area contributed by atoms with Gasteiger partial charge in [-0.05, 0) is 25.8 Å². The maximum Gasteiger partial charge on any atom is 0.163 e. The zero-order chi connectivity index (χ0) is 14.7. The standard InChI is InChI=1S/C16H22F2N2.2ClH/c1-11(2)10-14(20-8-6-19-7-9-20)13-5-4-12(3)15(17)16(13)18;;/h4-5,14,19H,1,6-10H2,2-3H3;2*1H/t14-;;/m0../s1. The molecule has 1 aliphatic rings. The van der Waals surface area contributed by atoms with Gasteiger partial charge >= 0.3 is 0 Å². The van der Waals surface area contributed by atoms with Crippen molar-refractivity contribution in [3.05, 3.63) is 47.0 Å². The fourth-order valence-corrected chi connectivity index (χ4v) is 2.68. The van der Waals surface area contributed by atoms with Gasteiger partial charge in [0.2, 0.25) is 0 Å². The number of rotatable bonds is 4. The van der Waals surface area contributed by atoms with E-state index >= 15 is 0 Å². The molecule has 0 bridgehead atoms. The molecule has 0 saturated carbocycles. The second-order valence-corrected chi connectivity index (χ2v) is 5.56. The molecular formula is C16H24Cl2F2N2. The molecular weight excluding hydrogens is 329 g/mol. The summed E-state index contributed by atoms with van der Waals surface area (Å²) < 4.78 is 28.1. The predicted molar refractivity (Wildman–Crippen MR) is 92.2 cm³/mol. The Morgan fingerprint density at radius 2 is 1.82 bits per heavy atom. The van der Waals surface area contributed by atoms with Crippen LogP contribution < -0.4 is 5.32 Å². The summed E-state index contributed by atoms with van der Waals surface area (Å²) >= 11 is 0. The Bertz CT molecular complexity index is 503. The Morgan fingerprint density at radius 1 is 1.23 bits per heavy atom. The molecule has 1 aliphatic heterocycles. The lowest BCUT2D eigenvalue weighted by Crippen LogP contribution is -2.45. The largest absolute Gasteiger partial charge is 0.314 e. The van der Waals surface area contributed by atoms with Crippen molar-refractivity contribution in [3.8, 4) is 0 Å². The highest BCUT2D eigenvalue weighted by Crippen LogP contribution is 2.31. The number of aryl methyl sites for hydroxylation is 1. The molecule has 0 aliphatic carbocycles. The van der Waals surface area contributed by atoms with Crippen LogP contribution in [-0.4, -0.2) is 31.1 Å². The van der Waals surface area contributed by atoms with Crippen LogP contribution in [0.4, 0.5) is 8.78 Å². The second kappa shape index (κ2) is 9.46. The zero-order valence-corrected chi connectivity index (χ0v) is 14.6. The summed E-state index contributed by atoms with van der Waals surface area (Å²) in [5.74, 6) is -1.45. The van der Waals surface area contributed by atoms with E-state index in [0.717, 1.165) is 31.8 Å². The normalized spacial score (nSPS) is 16.4. The molecule has 1 aromatic rings. The minimum absolute atomic E-state index is 0. The summed E-state index contributed by atoms with van der Waals surface area (Å²) in [6.07, 6.45) is 0.652. The molecule has 1 heterocycles. The first kappa shape index (κ1) is 21.3. The van der Waals surface area contributed by atoms with Crippen molar-refractivity contribution < 1.29 is 8.78 Å². The lowest BCUT2D eigenvalue weighted by molar-refractivity contribution is 0.168. The number of nitrogens with one attached hydrogen (secondary N) is 1. The quantitative estimate of drug-likeness (QED) is 0.823. The average molecular weight is 353 g/mol. The van der Waals surface area contributed by atoms with Gasteiger partial charge in [0.25, 0.3) is 0 Å². The fraction of sp³-hybridized carbons (Fsp3) is 0.500. The third-order valence-corrected chi connectivity index (χ3v) is 3.80. The first-order valence-corrected chi connectivity index (χ1v) is 7.04. The van der Waals surface area contributed by atoms with Crippen molar-refractivity contribution in [2.24, 2.45) is 0 Å². The molecule has 2 rings (SSSR count). The molecule has 0 radical (unpaired) electrons. The Morgan fingerprint density at radius 3 is 2.36 bits per heavy atom. The second-order valence-electron chi connectivity index (χ2n) is 5.56. The van der Waals surface area contributed by atoms with E-state index in [1.807, 2.05) is 6.92 Å². The van der Waals surface area contributed by atoms with Crippen LogP contribution in [0.5, 0.6) is 0 Å². The van der Waals surface area contributed by atoms with E-state index in [9.17, 15) is 8.78 Å². The first-order chi connectivity index (χ1) is 9.50. The van der Waals surface area contributed by atoms with Crippen LogP contribution in [0.25, 0.3) is 0 Å². The van der Waals surface area contributed by atoms with E-state index in [1.54, 1.807) is 19.1 Å². The van der Waals surface area contributed by atoms with E-state index < -0.39 is 11.6 Å². The molecule has 126 valence electrons. The third-order valence-electron chi connectivity index (χ3n) is 3.80. The summed E-state index contributed by atoms with van der Waals surface area (Å²) in [4.78, 5) is 2.21. The molecule has 22 heavy (non-hydrogen) atoms. The molecule has 0 aromatic heterocycles. The number of nitrogens with zero attached hydrogens (tertiary/aromatic N) is 1. The number of benzene rings is 1. The first-order valence-electron chi connectivity index (χ1n) is 7.04. The number of hydrogen-bond donors (Lipinski definition) is 1. The van der Waals surface area contributed by atoms with Gasteiger partial charge in [-0.2, -0.15) is 0 Å². The molecule has 0 spiro atoms. The van der Waals surface area contributed by atoms with Gasteiger partial charge in [-0.3, -0.25) is 4.90 Å². The maximum atomic E-state index is 14.3. The smallest absolute Gasteiger partial charge is 0.163 e. The molecule has 0 amide bonds. The van der Waals surface area contributed by atoms with E-state index in [1.165, 1.54) is 0 Å². The molecule has 1 fully saturated rings. The van der Waals surface area contributed by atoms with Gasteiger partial charge in [-0.25, -0.2) is 8.78 Å². The van der Waals surface area contributed by atoms with Crippen molar-refractivity contribution in [2.75, 3.05) is 26.2 Å². The summed E-state index contributed by atoms with van der Waals surface area (Å²) in [7, 11) is 0. The molecule has 1 atom stereocenters. The van der Waals surface area contributed by atoms with Gasteiger partial charge < -0.3 is 5.32 Å². The van der Waals surface area contributed by atoms with E-state index in [2.05, 4.69) is 16.8 Å². The Hall–Kier alpha value is -0.680. The lowest BCUT2D eigenvalue weighted by atomic mass is 9.96. The van der Waals surface area contributed by atoms with E-state index in [4.69, 9.17) is 0 Å². The van der Waals surface area contributed by atoms with Crippen molar-refractivity contribution in [1.29, 1.82) is 0 Å². The van der Waals surface area contributed by atoms with Gasteiger partial charge in [0.15, 0.2) is 11.6 Å². The number of piperazine rings is 1. The fourth-order valence-electron chi connectivity index (χ4n) is 2.68. The highest BCUT2D eigenvalue weighted by molar-refractivity contribution is 5.85. The van der Waals surface area contributed by atoms with Crippen LogP contribution in [-0.2, 0) is 0 Å². The number of hydrogen-bond acceptors (Lipinski definition) is 2. The van der Waals surface area contributed by atoms with Crippen LogP contribution in [0.3, 0.4) is 0 Å². The molecule has 0 unspecified atom stereocenters. The van der Waals surface area contributed by atoms with Crippen LogP contribution in [0.15, 0.2) is 24.3 Å². The van der Waals surface area contributed by atoms with Gasteiger partial charge in [-0.15, -0.1) is 31.4 Å². The van der Waals surface area contributed by atoms with Crippen molar-refractivity contribution in [1.82, 2.24) is 10.2 Å². The van der Waals surface area contributed by atoms with E-state index in [-0.39, 0.29) is 30.9 Å². The summed E-state index contributed by atoms with van der Waals surface area (Å²) in [5, 5.41) is 3.28. The van der Waals surface area contributed by atoms with Crippen LogP contribution in [0.2, 0.25) is 0 Å². The van der Waals surface area contributed by atoms with Crippen LogP contribution in [0.1, 0.15) is 30.5 Å². The van der Waals surface area contributed by atoms with Gasteiger partial charge in [0.1, 0.15) is 0 Å². The molecule has 6 heteroatoms. The van der Waals surface area contributed by atoms with Crippen molar-refractivity contribution in [3.63, 3.8) is 0 Å². The average Bonchev–Trinajstić information content (AvgIpc) is 2.44. The molecule has 1 N–H and O–H groups in total. The Kier molecular flexibility index (Phi) is 9.16. The Balaban J connectivity index is 0.00000220. The maximum absolute atomic E-state index is 14.3. The summed E-state index contributed by atoms with van der Waals surface area (Å²) in [6.45, 7) is 10.9. The van der Waals surface area contributed by atoms with Crippen LogP contribution in [0, 0.1) is 18.6 Å². The molecule has 2 nitrogen and oxygen atoms in total. The third kappa shape index (κ3) is 4.92. The highest BCUT2D eigenvalue weighted by atomic mass is 35.5. The van der Waals surface area contributed by atoms with Gasteiger partial charge in [0.05, 0.1) is 0 Å². The minimum atomic E-state index is -0.732. The monoisotopic (exact) mass is 352 g/mol. The topological polar surface area (TPSA) is 15.3 Å². The van der Waals surface area contributed by atoms with Gasteiger partial charge in [0, 0.05) is 37.8 Å². The highest BCUT2D eigenvalue weighted by Gasteiger charge is 2.26. The minimum Gasteiger partial charge on any atom is -0.314 e. The van der Waals surface area contributed by atoms with Crippen molar-refractivity contribution in [2.45, 2.75) is 26.3 Å². The zero-order valence-electron chi connectivity index (χ0n) is 13.0. The van der Waals surface area contributed by atoms with E-state index in [0.29, 0.717) is 17.5 Å². The number of halogens is 4. The van der Waals surface area contributed by atoms with Crippen molar-refractivity contribution >= 4 is 24.8 Å². The predicted octanol–water partition coefficient (Wildman–Crippen LogP) is 4.03. The summed E-state index contributed by atoms with van der Waals surface area (Å²) in [6, 6.07) is 3.23. The SMILES string of the molecule is C=C(C)C[C@@H](c1ccc(C)c(F)c1F)N1CCNCC1.Cl.Cl. The van der Waals surface area contributed by atoms with Gasteiger partial charge in [-0.1, -0.05) is 17.7 Å². The summed E-state index contributed by atoms with van der Waals surface area (Å²) in [5.41, 5.74) is 1.77. The molecule has 1 saturated heterocycles. The Labute approximate surface area is 143 Å². The molecule has 1 aromatic carbocycles.